The summed E-state index contributed by atoms with van der Waals surface area (Å²) in [6, 6.07) is 12.9. The van der Waals surface area contributed by atoms with Crippen LogP contribution in [0.4, 0.5) is 16.2 Å². The molecule has 0 aromatic heterocycles. The number of carbonyl (C=O) groups is 4. The second-order valence-electron chi connectivity index (χ2n) is 7.55. The third-order valence-electron chi connectivity index (χ3n) is 5.12. The minimum absolute atomic E-state index is 0.262. The number of urea groups is 1. The first-order valence-electron chi connectivity index (χ1n) is 10.4. The number of likely N-dealkylation sites (tertiary alicyclic amines) is 1. The van der Waals surface area contributed by atoms with E-state index in [1.807, 2.05) is 13.0 Å². The fourth-order valence-corrected chi connectivity index (χ4v) is 3.60. The second-order valence-corrected chi connectivity index (χ2v) is 7.55. The van der Waals surface area contributed by atoms with E-state index >= 15 is 0 Å². The first-order chi connectivity index (χ1) is 15.4. The molecule has 1 unspecified atom stereocenters. The van der Waals surface area contributed by atoms with Crippen molar-refractivity contribution in [2.75, 3.05) is 29.9 Å². The molecule has 9 heteroatoms. The van der Waals surface area contributed by atoms with Crippen molar-refractivity contribution in [3.63, 3.8) is 0 Å². The number of nitrogens with one attached hydrogen (secondary N) is 2. The van der Waals surface area contributed by atoms with Crippen LogP contribution in [-0.4, -0.2) is 59.5 Å². The highest BCUT2D eigenvalue weighted by Gasteiger charge is 2.40. The Labute approximate surface area is 186 Å². The molecule has 1 fully saturated rings. The number of aryl methyl sites for hydroxylation is 1. The van der Waals surface area contributed by atoms with Gasteiger partial charge in [0.2, 0.25) is 11.9 Å². The summed E-state index contributed by atoms with van der Waals surface area (Å²) >= 11 is 0. The molecule has 168 valence electrons. The van der Waals surface area contributed by atoms with Crippen molar-refractivity contribution >= 4 is 35.2 Å². The zero-order chi connectivity index (χ0) is 23.1. The molecule has 1 atom stereocenters. The highest BCUT2D eigenvalue weighted by Crippen LogP contribution is 2.20. The lowest BCUT2D eigenvalue weighted by Crippen LogP contribution is -2.56. The van der Waals surface area contributed by atoms with Gasteiger partial charge in [-0.05, 0) is 49.6 Å². The summed E-state index contributed by atoms with van der Waals surface area (Å²) < 4.78 is 0. The van der Waals surface area contributed by atoms with E-state index in [2.05, 4.69) is 10.6 Å². The Morgan fingerprint density at radius 3 is 2.34 bits per heavy atom. The molecule has 1 saturated heterocycles. The van der Waals surface area contributed by atoms with Crippen molar-refractivity contribution in [3.8, 4) is 0 Å². The molecular weight excluding hydrogens is 412 g/mol. The van der Waals surface area contributed by atoms with Crippen LogP contribution in [0.1, 0.15) is 18.4 Å². The summed E-state index contributed by atoms with van der Waals surface area (Å²) in [5.74, 6) is -2.78. The minimum atomic E-state index is -1.72. The zero-order valence-corrected chi connectivity index (χ0v) is 17.8. The molecule has 32 heavy (non-hydrogen) atoms. The number of hydrogen-bond acceptors (Lipinski definition) is 4. The van der Waals surface area contributed by atoms with Crippen molar-refractivity contribution in [2.45, 2.75) is 25.8 Å². The number of hydrogen-bond donors (Lipinski definition) is 3. The number of para-hydroxylation sites is 1. The van der Waals surface area contributed by atoms with Crippen LogP contribution >= 0.6 is 0 Å². The Morgan fingerprint density at radius 1 is 1.03 bits per heavy atom. The van der Waals surface area contributed by atoms with Crippen molar-refractivity contribution in [2.24, 2.45) is 0 Å². The van der Waals surface area contributed by atoms with Gasteiger partial charge in [0.15, 0.2) is 0 Å². The highest BCUT2D eigenvalue weighted by atomic mass is 16.4. The Morgan fingerprint density at radius 2 is 1.72 bits per heavy atom. The van der Waals surface area contributed by atoms with Crippen LogP contribution in [0.5, 0.6) is 0 Å². The number of carbonyl (C=O) groups excluding carboxylic acids is 3. The Hall–Kier alpha value is -3.88. The first kappa shape index (κ1) is 22.8. The normalized spacial score (nSPS) is 13.8. The molecule has 4 amide bonds. The van der Waals surface area contributed by atoms with Gasteiger partial charge >= 0.3 is 12.0 Å². The number of anilines is 2. The first-order valence-corrected chi connectivity index (χ1v) is 10.4. The molecule has 0 spiro atoms. The Kier molecular flexibility index (Phi) is 7.43. The Balaban J connectivity index is 1.77. The van der Waals surface area contributed by atoms with Crippen molar-refractivity contribution in [3.05, 3.63) is 60.2 Å². The Bertz CT molecular complexity index is 989. The van der Waals surface area contributed by atoms with Gasteiger partial charge in [-0.3, -0.25) is 14.5 Å². The number of benzene rings is 2. The fraction of sp³-hybridized carbons (Fsp3) is 0.304. The highest BCUT2D eigenvalue weighted by molar-refractivity contribution is 6.12. The van der Waals surface area contributed by atoms with E-state index in [0.717, 1.165) is 23.3 Å². The molecule has 3 N–H and O–H groups in total. The molecule has 0 radical (unpaired) electrons. The molecule has 1 aliphatic rings. The monoisotopic (exact) mass is 438 g/mol. The predicted octanol–water partition coefficient (Wildman–Crippen LogP) is 2.23. The lowest BCUT2D eigenvalue weighted by Gasteiger charge is -2.31. The van der Waals surface area contributed by atoms with Crippen molar-refractivity contribution in [1.29, 1.82) is 0 Å². The standard InChI is InChI=1S/C23H26N4O5/c1-16-8-7-9-17(14-16)25-23(32)24-15-19(28)27(18-10-3-2-4-11-18)20(22(30)31)21(29)26-12-5-6-13-26/h2-4,7-11,14,20H,5-6,12-13,15H2,1H3,(H,30,31)(H2,24,25,32). The molecule has 3 rings (SSSR count). The molecule has 0 saturated carbocycles. The van der Waals surface area contributed by atoms with Gasteiger partial charge in [0.1, 0.15) is 0 Å². The lowest BCUT2D eigenvalue weighted by atomic mass is 10.1. The molecule has 2 aromatic carbocycles. The molecule has 2 aromatic rings. The number of aliphatic carboxylic acids is 1. The largest absolute Gasteiger partial charge is 0.479 e. The average Bonchev–Trinajstić information content (AvgIpc) is 3.31. The van der Waals surface area contributed by atoms with Gasteiger partial charge in [-0.15, -0.1) is 0 Å². The molecule has 0 aliphatic carbocycles. The van der Waals surface area contributed by atoms with Crippen molar-refractivity contribution < 1.29 is 24.3 Å². The summed E-state index contributed by atoms with van der Waals surface area (Å²) in [5, 5.41) is 14.9. The molecule has 1 heterocycles. The quantitative estimate of drug-likeness (QED) is 0.573. The third-order valence-corrected chi connectivity index (χ3v) is 5.12. The maximum absolute atomic E-state index is 13.1. The third kappa shape index (κ3) is 5.63. The fourth-order valence-electron chi connectivity index (χ4n) is 3.60. The molecular formula is C23H26N4O5. The van der Waals surface area contributed by atoms with Crippen LogP contribution < -0.4 is 15.5 Å². The van der Waals surface area contributed by atoms with Crippen molar-refractivity contribution in [1.82, 2.24) is 10.2 Å². The lowest BCUT2D eigenvalue weighted by molar-refractivity contribution is -0.147. The van der Waals surface area contributed by atoms with Gasteiger partial charge in [-0.2, -0.15) is 0 Å². The summed E-state index contributed by atoms with van der Waals surface area (Å²) in [6.07, 6.45) is 1.58. The topological polar surface area (TPSA) is 119 Å². The van der Waals surface area contributed by atoms with Crippen LogP contribution in [0.15, 0.2) is 54.6 Å². The van der Waals surface area contributed by atoms with E-state index in [-0.39, 0.29) is 5.69 Å². The number of carboxylic acid groups (broad SMARTS) is 1. The SMILES string of the molecule is Cc1cccc(NC(=O)NCC(=O)N(c2ccccc2)C(C(=O)O)C(=O)N2CCCC2)c1. The smallest absolute Gasteiger partial charge is 0.336 e. The van der Waals surface area contributed by atoms with Crippen LogP contribution in [0.3, 0.4) is 0 Å². The van der Waals surface area contributed by atoms with Crippen LogP contribution in [0.2, 0.25) is 0 Å². The van der Waals surface area contributed by atoms with Gasteiger partial charge in [0, 0.05) is 24.5 Å². The summed E-state index contributed by atoms with van der Waals surface area (Å²) in [4.78, 5) is 52.8. The summed E-state index contributed by atoms with van der Waals surface area (Å²) in [6.45, 7) is 2.31. The summed E-state index contributed by atoms with van der Waals surface area (Å²) in [5.41, 5.74) is 1.78. The van der Waals surface area contributed by atoms with Crippen LogP contribution in [-0.2, 0) is 14.4 Å². The van der Waals surface area contributed by atoms with E-state index in [1.54, 1.807) is 48.5 Å². The number of nitrogens with zero attached hydrogens (tertiary/aromatic N) is 2. The van der Waals surface area contributed by atoms with Gasteiger partial charge in [-0.25, -0.2) is 9.59 Å². The second kappa shape index (κ2) is 10.4. The summed E-state index contributed by atoms with van der Waals surface area (Å²) in [7, 11) is 0. The average molecular weight is 438 g/mol. The van der Waals surface area contributed by atoms with Crippen LogP contribution in [0, 0.1) is 6.92 Å². The van der Waals surface area contributed by atoms with E-state index in [1.165, 1.54) is 4.90 Å². The van der Waals surface area contributed by atoms with E-state index in [4.69, 9.17) is 0 Å². The number of amides is 4. The van der Waals surface area contributed by atoms with Gasteiger partial charge in [0.25, 0.3) is 5.91 Å². The van der Waals surface area contributed by atoms with Gasteiger partial charge in [0.05, 0.1) is 6.54 Å². The number of carboxylic acids is 1. The minimum Gasteiger partial charge on any atom is -0.479 e. The molecule has 1 aliphatic heterocycles. The number of rotatable bonds is 7. The zero-order valence-electron chi connectivity index (χ0n) is 17.8. The van der Waals surface area contributed by atoms with E-state index < -0.39 is 36.4 Å². The van der Waals surface area contributed by atoms with E-state index in [0.29, 0.717) is 18.8 Å². The maximum Gasteiger partial charge on any atom is 0.336 e. The van der Waals surface area contributed by atoms with Gasteiger partial charge in [-0.1, -0.05) is 30.3 Å². The van der Waals surface area contributed by atoms with E-state index in [9.17, 15) is 24.3 Å². The predicted molar refractivity (Wildman–Crippen MR) is 119 cm³/mol. The molecule has 0 bridgehead atoms. The molecule has 9 nitrogen and oxygen atoms in total. The van der Waals surface area contributed by atoms with Gasteiger partial charge < -0.3 is 20.6 Å². The van der Waals surface area contributed by atoms with Crippen LogP contribution in [0.25, 0.3) is 0 Å². The maximum atomic E-state index is 13.1.